The smallest absolute Gasteiger partial charge is 0.336 e. The Balaban J connectivity index is 2.16. The number of rotatable bonds is 2. The van der Waals surface area contributed by atoms with Crippen molar-refractivity contribution in [1.82, 2.24) is 0 Å². The second-order valence-electron chi connectivity index (χ2n) is 6.04. The first-order valence-corrected chi connectivity index (χ1v) is 8.61. The standard InChI is InChI=1S/C25H16O3/c1-18(26)23-16-21(14-12-19-8-4-2-5-9-19)22(17-24(23)25(27)28)15-13-20-10-6-3-7-11-20/h2-11,16-17H,1H3,(H,27,28). The molecule has 0 atom stereocenters. The van der Waals surface area contributed by atoms with Crippen molar-refractivity contribution in [3.63, 3.8) is 0 Å². The Morgan fingerprint density at radius 2 is 1.11 bits per heavy atom. The molecule has 0 heterocycles. The first-order valence-electron chi connectivity index (χ1n) is 8.61. The summed E-state index contributed by atoms with van der Waals surface area (Å²) in [4.78, 5) is 23.5. The third kappa shape index (κ3) is 4.55. The summed E-state index contributed by atoms with van der Waals surface area (Å²) in [6.45, 7) is 1.34. The summed E-state index contributed by atoms with van der Waals surface area (Å²) in [7, 11) is 0. The summed E-state index contributed by atoms with van der Waals surface area (Å²) in [6.07, 6.45) is 0. The highest BCUT2D eigenvalue weighted by Crippen LogP contribution is 2.18. The average Bonchev–Trinajstić information content (AvgIpc) is 2.71. The Morgan fingerprint density at radius 3 is 1.50 bits per heavy atom. The maximum Gasteiger partial charge on any atom is 0.336 e. The number of benzene rings is 3. The molecule has 0 radical (unpaired) electrons. The van der Waals surface area contributed by atoms with Crippen LogP contribution in [0.15, 0.2) is 72.8 Å². The van der Waals surface area contributed by atoms with Gasteiger partial charge >= 0.3 is 5.97 Å². The van der Waals surface area contributed by atoms with E-state index in [0.29, 0.717) is 11.1 Å². The molecular formula is C25H16O3. The number of hydrogen-bond acceptors (Lipinski definition) is 2. The minimum Gasteiger partial charge on any atom is -0.478 e. The molecule has 134 valence electrons. The number of carbonyl (C=O) groups is 2. The monoisotopic (exact) mass is 364 g/mol. The van der Waals surface area contributed by atoms with Gasteiger partial charge in [0.2, 0.25) is 0 Å². The second-order valence-corrected chi connectivity index (χ2v) is 6.04. The van der Waals surface area contributed by atoms with Gasteiger partial charge in [0.1, 0.15) is 0 Å². The van der Waals surface area contributed by atoms with Crippen molar-refractivity contribution in [2.45, 2.75) is 6.92 Å². The van der Waals surface area contributed by atoms with Crippen LogP contribution in [-0.4, -0.2) is 16.9 Å². The number of carbonyl (C=O) groups excluding carboxylic acids is 1. The van der Waals surface area contributed by atoms with E-state index in [1.165, 1.54) is 19.1 Å². The van der Waals surface area contributed by atoms with Crippen molar-refractivity contribution < 1.29 is 14.7 Å². The van der Waals surface area contributed by atoms with E-state index < -0.39 is 5.97 Å². The predicted octanol–water partition coefficient (Wildman–Crippen LogP) is 4.39. The van der Waals surface area contributed by atoms with Crippen LogP contribution in [0, 0.1) is 23.7 Å². The van der Waals surface area contributed by atoms with E-state index in [4.69, 9.17) is 0 Å². The fourth-order valence-electron chi connectivity index (χ4n) is 2.60. The molecule has 0 aliphatic rings. The molecule has 3 rings (SSSR count). The van der Waals surface area contributed by atoms with Gasteiger partial charge in [-0.2, -0.15) is 0 Å². The lowest BCUT2D eigenvalue weighted by atomic mass is 9.96. The number of Topliss-reactive ketones (excluding diaryl/α,β-unsaturated/α-hetero) is 1. The van der Waals surface area contributed by atoms with E-state index in [-0.39, 0.29) is 16.9 Å². The van der Waals surface area contributed by atoms with Crippen LogP contribution >= 0.6 is 0 Å². The molecule has 0 bridgehead atoms. The lowest BCUT2D eigenvalue weighted by Gasteiger charge is -2.06. The summed E-state index contributed by atoms with van der Waals surface area (Å²) in [6, 6.07) is 21.7. The van der Waals surface area contributed by atoms with Crippen molar-refractivity contribution >= 4 is 11.8 Å². The Hall–Kier alpha value is -4.08. The second kappa shape index (κ2) is 8.54. The number of carboxylic acid groups (broad SMARTS) is 1. The molecule has 3 nitrogen and oxygen atoms in total. The van der Waals surface area contributed by atoms with Gasteiger partial charge in [0, 0.05) is 27.8 Å². The summed E-state index contributed by atoms with van der Waals surface area (Å²) < 4.78 is 0. The molecular weight excluding hydrogens is 348 g/mol. The fourth-order valence-corrected chi connectivity index (χ4v) is 2.60. The summed E-state index contributed by atoms with van der Waals surface area (Å²) in [5, 5.41) is 9.49. The van der Waals surface area contributed by atoms with Crippen LogP contribution in [0.3, 0.4) is 0 Å². The molecule has 0 saturated heterocycles. The zero-order valence-corrected chi connectivity index (χ0v) is 15.2. The van der Waals surface area contributed by atoms with Crippen molar-refractivity contribution in [2.75, 3.05) is 0 Å². The number of ketones is 1. The van der Waals surface area contributed by atoms with Gasteiger partial charge in [-0.3, -0.25) is 4.79 Å². The number of aromatic carboxylic acids is 1. The largest absolute Gasteiger partial charge is 0.478 e. The summed E-state index contributed by atoms with van der Waals surface area (Å²) in [5.74, 6) is 10.6. The topological polar surface area (TPSA) is 54.4 Å². The van der Waals surface area contributed by atoms with E-state index in [1.54, 1.807) is 0 Å². The van der Waals surface area contributed by atoms with Gasteiger partial charge in [-0.1, -0.05) is 60.1 Å². The first-order chi connectivity index (χ1) is 13.5. The van der Waals surface area contributed by atoms with Gasteiger partial charge in [-0.05, 0) is 43.3 Å². The molecule has 1 N–H and O–H groups in total. The predicted molar refractivity (Wildman–Crippen MR) is 108 cm³/mol. The van der Waals surface area contributed by atoms with Crippen molar-refractivity contribution in [3.8, 4) is 23.7 Å². The van der Waals surface area contributed by atoms with Crippen molar-refractivity contribution in [1.29, 1.82) is 0 Å². The van der Waals surface area contributed by atoms with Gasteiger partial charge in [0.25, 0.3) is 0 Å². The van der Waals surface area contributed by atoms with Crippen LogP contribution in [0.1, 0.15) is 49.9 Å². The maximum atomic E-state index is 11.9. The van der Waals surface area contributed by atoms with E-state index in [0.717, 1.165) is 11.1 Å². The maximum absolute atomic E-state index is 11.9. The molecule has 3 aromatic carbocycles. The van der Waals surface area contributed by atoms with E-state index in [9.17, 15) is 14.7 Å². The number of hydrogen-bond donors (Lipinski definition) is 1. The molecule has 0 spiro atoms. The minimum atomic E-state index is -1.17. The van der Waals surface area contributed by atoms with Gasteiger partial charge in [0.05, 0.1) is 5.56 Å². The molecule has 3 heteroatoms. The van der Waals surface area contributed by atoms with Crippen LogP contribution in [0.2, 0.25) is 0 Å². The van der Waals surface area contributed by atoms with E-state index >= 15 is 0 Å². The normalized spacial score (nSPS) is 9.46. The Kier molecular flexibility index (Phi) is 5.70. The van der Waals surface area contributed by atoms with E-state index in [1.807, 2.05) is 60.7 Å². The van der Waals surface area contributed by atoms with Gasteiger partial charge in [-0.15, -0.1) is 0 Å². The Morgan fingerprint density at radius 1 is 0.679 bits per heavy atom. The quantitative estimate of drug-likeness (QED) is 0.542. The van der Waals surface area contributed by atoms with Crippen LogP contribution in [-0.2, 0) is 0 Å². The summed E-state index contributed by atoms with van der Waals surface area (Å²) >= 11 is 0. The highest BCUT2D eigenvalue weighted by molar-refractivity contribution is 6.05. The van der Waals surface area contributed by atoms with Gasteiger partial charge in [-0.25, -0.2) is 4.79 Å². The first kappa shape index (κ1) is 18.7. The molecule has 0 fully saturated rings. The van der Waals surface area contributed by atoms with Gasteiger partial charge < -0.3 is 5.11 Å². The van der Waals surface area contributed by atoms with Gasteiger partial charge in [0.15, 0.2) is 5.78 Å². The third-order valence-corrected chi connectivity index (χ3v) is 4.00. The molecule has 0 amide bonds. The molecule has 0 aromatic heterocycles. The molecule has 0 saturated carbocycles. The van der Waals surface area contributed by atoms with Crippen LogP contribution in [0.4, 0.5) is 0 Å². The Bertz CT molecular complexity index is 1060. The SMILES string of the molecule is CC(=O)c1cc(C#Cc2ccccc2)c(C#Cc2ccccc2)cc1C(=O)O. The summed E-state index contributed by atoms with van der Waals surface area (Å²) in [5.41, 5.74) is 2.65. The lowest BCUT2D eigenvalue weighted by molar-refractivity contribution is 0.0692. The zero-order valence-electron chi connectivity index (χ0n) is 15.2. The highest BCUT2D eigenvalue weighted by atomic mass is 16.4. The zero-order chi connectivity index (χ0) is 19.9. The van der Waals surface area contributed by atoms with Crippen LogP contribution in [0.5, 0.6) is 0 Å². The highest BCUT2D eigenvalue weighted by Gasteiger charge is 2.16. The van der Waals surface area contributed by atoms with Crippen molar-refractivity contribution in [3.05, 3.63) is 106 Å². The molecule has 28 heavy (non-hydrogen) atoms. The number of carboxylic acids is 1. The Labute approximate surface area is 163 Å². The third-order valence-electron chi connectivity index (χ3n) is 4.00. The average molecular weight is 364 g/mol. The molecule has 0 aliphatic carbocycles. The van der Waals surface area contributed by atoms with Crippen molar-refractivity contribution in [2.24, 2.45) is 0 Å². The van der Waals surface area contributed by atoms with E-state index in [2.05, 4.69) is 23.7 Å². The molecule has 0 unspecified atom stereocenters. The minimum absolute atomic E-state index is 0.0740. The molecule has 3 aromatic rings. The lowest BCUT2D eigenvalue weighted by Crippen LogP contribution is -2.08. The fraction of sp³-hybridized carbons (Fsp3) is 0.0400. The van der Waals surface area contributed by atoms with Crippen LogP contribution in [0.25, 0.3) is 0 Å². The van der Waals surface area contributed by atoms with Crippen LogP contribution < -0.4 is 0 Å². The molecule has 0 aliphatic heterocycles.